The van der Waals surface area contributed by atoms with Crippen LogP contribution in [0.5, 0.6) is 0 Å². The number of aromatic carboxylic acids is 1. The van der Waals surface area contributed by atoms with Crippen LogP contribution < -0.4 is 5.32 Å². The first-order valence-corrected chi connectivity index (χ1v) is 13.3. The van der Waals surface area contributed by atoms with Gasteiger partial charge in [0.1, 0.15) is 18.7 Å². The van der Waals surface area contributed by atoms with Crippen LogP contribution in [0.2, 0.25) is 5.02 Å². The molecule has 3 aromatic carbocycles. The van der Waals surface area contributed by atoms with Crippen molar-refractivity contribution in [1.82, 2.24) is 19.7 Å². The number of aromatic nitrogens is 3. The van der Waals surface area contributed by atoms with Crippen molar-refractivity contribution in [2.75, 3.05) is 11.9 Å². The van der Waals surface area contributed by atoms with Gasteiger partial charge >= 0.3 is 5.97 Å². The summed E-state index contributed by atoms with van der Waals surface area (Å²) in [5, 5.41) is 23.7. The van der Waals surface area contributed by atoms with Crippen LogP contribution in [0.3, 0.4) is 0 Å². The van der Waals surface area contributed by atoms with Gasteiger partial charge in [-0.1, -0.05) is 35.0 Å². The number of halogens is 2. The van der Waals surface area contributed by atoms with E-state index < -0.39 is 35.7 Å². The van der Waals surface area contributed by atoms with Crippen LogP contribution in [0.1, 0.15) is 39.5 Å². The van der Waals surface area contributed by atoms with E-state index in [1.54, 1.807) is 35.4 Å². The molecular formula is C29H22ClFN6O5. The molecule has 1 unspecified atom stereocenters. The molecule has 13 heteroatoms. The Morgan fingerprint density at radius 2 is 1.76 bits per heavy atom. The Bertz CT molecular complexity index is 1730. The van der Waals surface area contributed by atoms with Gasteiger partial charge in [-0.3, -0.25) is 14.2 Å². The first-order chi connectivity index (χ1) is 20.3. The van der Waals surface area contributed by atoms with Crippen molar-refractivity contribution >= 4 is 40.8 Å². The van der Waals surface area contributed by atoms with E-state index >= 15 is 0 Å². The van der Waals surface area contributed by atoms with E-state index in [-0.39, 0.29) is 34.8 Å². The highest BCUT2D eigenvalue weighted by atomic mass is 35.5. The third-order valence-electron chi connectivity index (χ3n) is 7.23. The predicted molar refractivity (Wildman–Crippen MR) is 149 cm³/mol. The van der Waals surface area contributed by atoms with Crippen molar-refractivity contribution in [3.8, 4) is 5.69 Å². The summed E-state index contributed by atoms with van der Waals surface area (Å²) in [5.74, 6) is -2.75. The number of nitrogens with one attached hydrogen (secondary N) is 1. The maximum atomic E-state index is 14.6. The molecule has 42 heavy (non-hydrogen) atoms. The van der Waals surface area contributed by atoms with Crippen LogP contribution in [0, 0.1) is 5.82 Å². The number of amides is 2. The highest BCUT2D eigenvalue weighted by Gasteiger charge is 2.42. The van der Waals surface area contributed by atoms with Crippen LogP contribution in [-0.2, 0) is 20.8 Å². The molecule has 2 aliphatic rings. The Balaban J connectivity index is 1.31. The maximum absolute atomic E-state index is 14.6. The standard InChI is InChI=1S/C29H22ClFN6O5/c30-21-5-1-4-20(25(21)31)22-13-24(42-35-22)28(39)37-12-11-18-19(3-2-6-23(18)36-14-32-33-15-36)26(37)27(38)34-17-9-7-16(8-10-17)29(40)41/h1-10,14-15,24,26H,11-13H2,(H,34,38)(H,40,41)/t24?,26-/m0/s1. The summed E-state index contributed by atoms with van der Waals surface area (Å²) in [5.41, 5.74) is 3.01. The van der Waals surface area contributed by atoms with Crippen molar-refractivity contribution in [2.24, 2.45) is 5.16 Å². The van der Waals surface area contributed by atoms with Crippen LogP contribution >= 0.6 is 11.6 Å². The molecule has 2 atom stereocenters. The molecule has 11 nitrogen and oxygen atoms in total. The first-order valence-electron chi connectivity index (χ1n) is 12.9. The quantitative estimate of drug-likeness (QED) is 0.347. The second-order valence-corrected chi connectivity index (χ2v) is 10.1. The molecule has 0 radical (unpaired) electrons. The topological polar surface area (TPSA) is 139 Å². The SMILES string of the molecule is O=C(O)c1ccc(NC(=O)[C@@H]2c3cccc(-n4cnnc4)c3CCN2C(=O)C2CC(c3cccc(Cl)c3F)=NO2)cc1. The minimum atomic E-state index is -1.09. The lowest BCUT2D eigenvalue weighted by molar-refractivity contribution is -0.148. The number of hydrogen-bond donors (Lipinski definition) is 2. The van der Waals surface area contributed by atoms with Crippen LogP contribution in [0.15, 0.2) is 78.5 Å². The van der Waals surface area contributed by atoms with Gasteiger partial charge in [0.2, 0.25) is 6.10 Å². The molecular weight excluding hydrogens is 567 g/mol. The summed E-state index contributed by atoms with van der Waals surface area (Å²) >= 11 is 5.93. The summed E-state index contributed by atoms with van der Waals surface area (Å²) in [7, 11) is 0. The molecule has 2 amide bonds. The van der Waals surface area contributed by atoms with Gasteiger partial charge in [0.15, 0.2) is 5.82 Å². The molecule has 2 aliphatic heterocycles. The number of benzene rings is 3. The minimum Gasteiger partial charge on any atom is -0.478 e. The smallest absolute Gasteiger partial charge is 0.335 e. The minimum absolute atomic E-state index is 0.00874. The molecule has 0 spiro atoms. The van der Waals surface area contributed by atoms with Gasteiger partial charge in [-0.25, -0.2) is 9.18 Å². The molecule has 3 heterocycles. The number of carboxylic acids is 1. The number of rotatable bonds is 6. The van der Waals surface area contributed by atoms with Gasteiger partial charge < -0.3 is 20.2 Å². The highest BCUT2D eigenvalue weighted by molar-refractivity contribution is 6.31. The Morgan fingerprint density at radius 1 is 1.02 bits per heavy atom. The summed E-state index contributed by atoms with van der Waals surface area (Å²) in [4.78, 5) is 45.9. The summed E-state index contributed by atoms with van der Waals surface area (Å²) in [6.45, 7) is 0.182. The van der Waals surface area contributed by atoms with Gasteiger partial charge in [-0.05, 0) is 60.0 Å². The highest BCUT2D eigenvalue weighted by Crippen LogP contribution is 2.36. The molecule has 0 saturated carbocycles. The van der Waals surface area contributed by atoms with Crippen molar-refractivity contribution in [3.05, 3.63) is 106 Å². The van der Waals surface area contributed by atoms with Crippen LogP contribution in [0.25, 0.3) is 5.69 Å². The van der Waals surface area contributed by atoms with E-state index in [4.69, 9.17) is 16.4 Å². The van der Waals surface area contributed by atoms with E-state index in [1.807, 2.05) is 6.07 Å². The first kappa shape index (κ1) is 27.1. The third-order valence-corrected chi connectivity index (χ3v) is 7.52. The molecule has 6 rings (SSSR count). The predicted octanol–water partition coefficient (Wildman–Crippen LogP) is 4.02. The van der Waals surface area contributed by atoms with Gasteiger partial charge in [0.05, 0.1) is 22.0 Å². The molecule has 0 bridgehead atoms. The molecule has 0 aliphatic carbocycles. The summed E-state index contributed by atoms with van der Waals surface area (Å²) in [6, 6.07) is 14.6. The zero-order chi connectivity index (χ0) is 29.4. The zero-order valence-corrected chi connectivity index (χ0v) is 22.5. The lowest BCUT2D eigenvalue weighted by Crippen LogP contribution is -2.49. The van der Waals surface area contributed by atoms with E-state index in [0.717, 1.165) is 11.3 Å². The molecule has 4 aromatic rings. The largest absolute Gasteiger partial charge is 0.478 e. The Morgan fingerprint density at radius 3 is 2.50 bits per heavy atom. The number of carboxylic acid groups (broad SMARTS) is 1. The van der Waals surface area contributed by atoms with Gasteiger partial charge in [0.25, 0.3) is 11.8 Å². The monoisotopic (exact) mass is 588 g/mol. The second-order valence-electron chi connectivity index (χ2n) is 9.71. The van der Waals surface area contributed by atoms with E-state index in [1.165, 1.54) is 41.3 Å². The fourth-order valence-electron chi connectivity index (χ4n) is 5.22. The van der Waals surface area contributed by atoms with Gasteiger partial charge in [-0.15, -0.1) is 10.2 Å². The van der Waals surface area contributed by atoms with E-state index in [2.05, 4.69) is 20.7 Å². The molecule has 0 saturated heterocycles. The van der Waals surface area contributed by atoms with Crippen molar-refractivity contribution in [2.45, 2.75) is 25.0 Å². The zero-order valence-electron chi connectivity index (χ0n) is 21.8. The van der Waals surface area contributed by atoms with E-state index in [0.29, 0.717) is 17.7 Å². The maximum Gasteiger partial charge on any atom is 0.335 e. The molecule has 2 N–H and O–H groups in total. The second kappa shape index (κ2) is 11.1. The van der Waals surface area contributed by atoms with E-state index in [9.17, 15) is 23.9 Å². The molecule has 212 valence electrons. The number of oxime groups is 1. The Kier molecular flexibility index (Phi) is 7.13. The molecule has 1 aromatic heterocycles. The number of carbonyl (C=O) groups excluding carboxylic acids is 2. The average molecular weight is 589 g/mol. The summed E-state index contributed by atoms with van der Waals surface area (Å²) < 4.78 is 16.4. The van der Waals surface area contributed by atoms with Crippen molar-refractivity contribution in [3.63, 3.8) is 0 Å². The third kappa shape index (κ3) is 4.96. The van der Waals surface area contributed by atoms with Crippen molar-refractivity contribution < 1.29 is 28.7 Å². The van der Waals surface area contributed by atoms with Gasteiger partial charge in [0, 0.05) is 24.2 Å². The van der Waals surface area contributed by atoms with Crippen LogP contribution in [0.4, 0.5) is 10.1 Å². The van der Waals surface area contributed by atoms with Crippen molar-refractivity contribution in [1.29, 1.82) is 0 Å². The summed E-state index contributed by atoms with van der Waals surface area (Å²) in [6.07, 6.45) is 2.44. The fourth-order valence-corrected chi connectivity index (χ4v) is 5.40. The lowest BCUT2D eigenvalue weighted by Gasteiger charge is -2.38. The molecule has 0 fully saturated rings. The number of carbonyl (C=O) groups is 3. The number of anilines is 1. The Hall–Kier alpha value is -5.10. The number of hydrogen-bond acceptors (Lipinski definition) is 7. The average Bonchev–Trinajstić information content (AvgIpc) is 3.71. The number of nitrogens with zero attached hydrogens (tertiary/aromatic N) is 5. The number of fused-ring (bicyclic) bond motifs is 1. The van der Waals surface area contributed by atoms with Crippen LogP contribution in [-0.4, -0.2) is 60.9 Å². The van der Waals surface area contributed by atoms with Gasteiger partial charge in [-0.2, -0.15) is 0 Å². The lowest BCUT2D eigenvalue weighted by atomic mass is 9.89. The normalized spacial score (nSPS) is 17.7. The fraction of sp³-hybridized carbons (Fsp3) is 0.172. The Labute approximate surface area is 243 Å².